The van der Waals surface area contributed by atoms with E-state index in [1.54, 1.807) is 67.8 Å². The van der Waals surface area contributed by atoms with Crippen LogP contribution in [0.15, 0.2) is 107 Å². The van der Waals surface area contributed by atoms with Crippen LogP contribution in [0.1, 0.15) is 61.6 Å². The Bertz CT molecular complexity index is 2690. The molecule has 0 saturated heterocycles. The van der Waals surface area contributed by atoms with Crippen molar-refractivity contribution in [2.45, 2.75) is 74.7 Å². The Morgan fingerprint density at radius 3 is 1.41 bits per heavy atom. The topological polar surface area (TPSA) is 298 Å². The predicted octanol–water partition coefficient (Wildman–Crippen LogP) is 4.53. The van der Waals surface area contributed by atoms with Crippen molar-refractivity contribution in [3.63, 3.8) is 0 Å². The van der Waals surface area contributed by atoms with Crippen LogP contribution in [0.2, 0.25) is 0 Å². The van der Waals surface area contributed by atoms with Crippen molar-refractivity contribution in [2.24, 2.45) is 0 Å². The third-order valence-corrected chi connectivity index (χ3v) is 11.6. The van der Waals surface area contributed by atoms with Crippen LogP contribution in [0, 0.1) is 0 Å². The molecule has 4 unspecified atom stereocenters. The first-order valence-electron chi connectivity index (χ1n) is 21.4. The molecule has 0 aliphatic carbocycles. The smallest absolute Gasteiger partial charge is 0.295 e. The van der Waals surface area contributed by atoms with Crippen molar-refractivity contribution in [2.75, 3.05) is 46.6 Å². The van der Waals surface area contributed by atoms with E-state index in [0.29, 0.717) is 23.5 Å². The van der Waals surface area contributed by atoms with Crippen molar-refractivity contribution in [1.82, 2.24) is 29.9 Å². The molecule has 0 aliphatic rings. The summed E-state index contributed by atoms with van der Waals surface area (Å²) in [5, 5.41) is 46.9. The summed E-state index contributed by atoms with van der Waals surface area (Å²) in [4.78, 5) is 29.4. The molecule has 6 aromatic rings. The Labute approximate surface area is 394 Å². The van der Waals surface area contributed by atoms with Crippen molar-refractivity contribution in [3.05, 3.63) is 131 Å². The summed E-state index contributed by atoms with van der Waals surface area (Å²) < 4.78 is 72.1. The lowest BCUT2D eigenvalue weighted by Gasteiger charge is -2.26. The molecule has 4 aromatic carbocycles. The number of rotatable bonds is 22. The van der Waals surface area contributed by atoms with Gasteiger partial charge in [-0.1, -0.05) is 78.9 Å². The van der Waals surface area contributed by atoms with Gasteiger partial charge in [0.1, 0.15) is 21.4 Å². The molecule has 0 amide bonds. The average molecular weight is 971 g/mol. The highest BCUT2D eigenvalue weighted by molar-refractivity contribution is 7.86. The van der Waals surface area contributed by atoms with E-state index in [9.17, 15) is 46.4 Å². The fraction of sp³-hybridized carbons (Fsp3) is 0.304. The normalized spacial score (nSPS) is 13.7. The second-order valence-electron chi connectivity index (χ2n) is 16.3. The molecule has 2 heterocycles. The van der Waals surface area contributed by atoms with Crippen molar-refractivity contribution >= 4 is 67.6 Å². The van der Waals surface area contributed by atoms with E-state index in [4.69, 9.17) is 0 Å². The van der Waals surface area contributed by atoms with Crippen LogP contribution in [-0.2, 0) is 33.1 Å². The second kappa shape index (κ2) is 22.5. The van der Waals surface area contributed by atoms with Crippen LogP contribution in [-0.4, -0.2) is 127 Å². The molecular formula is C46H54N10O10S2. The van der Waals surface area contributed by atoms with E-state index < -0.39 is 54.4 Å². The molecular weight excluding hydrogens is 917 g/mol. The van der Waals surface area contributed by atoms with Crippen LogP contribution < -0.4 is 20.4 Å². The monoisotopic (exact) mass is 970 g/mol. The SMILES string of the molecule is CC(O)CN(CC(C)O)c1nc(Cc2ccccc2)nc(Cc2ccc(/C=C/c3ccc(Nc4nc(Nc5ccccc5)nc(N(CC(C)O)CC(C)O)n4)cc3S(=O)(=O)O)c(S(=O)(=O)O)c2)n1. The molecule has 4 atom stereocenters. The van der Waals surface area contributed by atoms with Gasteiger partial charge in [-0.2, -0.15) is 41.8 Å². The Morgan fingerprint density at radius 1 is 0.500 bits per heavy atom. The Morgan fingerprint density at radius 2 is 0.926 bits per heavy atom. The number of aliphatic hydroxyl groups is 4. The van der Waals surface area contributed by atoms with Crippen LogP contribution in [0.5, 0.6) is 0 Å². The molecule has 8 N–H and O–H groups in total. The van der Waals surface area contributed by atoms with Crippen LogP contribution >= 0.6 is 0 Å². The number of hydrogen-bond acceptors (Lipinski definition) is 18. The van der Waals surface area contributed by atoms with Gasteiger partial charge >= 0.3 is 0 Å². The first-order chi connectivity index (χ1) is 32.2. The number of para-hydroxylation sites is 1. The van der Waals surface area contributed by atoms with E-state index in [0.717, 1.165) is 11.6 Å². The lowest BCUT2D eigenvalue weighted by Crippen LogP contribution is -2.38. The Kier molecular flexibility index (Phi) is 16.9. The van der Waals surface area contributed by atoms with E-state index >= 15 is 0 Å². The maximum absolute atomic E-state index is 12.9. The quantitative estimate of drug-likeness (QED) is 0.0342. The third kappa shape index (κ3) is 15.0. The largest absolute Gasteiger partial charge is 0.392 e. The molecule has 360 valence electrons. The van der Waals surface area contributed by atoms with Crippen LogP contribution in [0.3, 0.4) is 0 Å². The maximum Gasteiger partial charge on any atom is 0.295 e. The summed E-state index contributed by atoms with van der Waals surface area (Å²) in [6.07, 6.45) is -0.401. The fourth-order valence-corrected chi connectivity index (χ4v) is 8.51. The number of aliphatic hydroxyl groups excluding tert-OH is 4. The lowest BCUT2D eigenvalue weighted by atomic mass is 10.1. The van der Waals surface area contributed by atoms with Gasteiger partial charge in [-0.05, 0) is 80.3 Å². The van der Waals surface area contributed by atoms with Crippen LogP contribution in [0.25, 0.3) is 12.2 Å². The van der Waals surface area contributed by atoms with Gasteiger partial charge in [-0.3, -0.25) is 9.11 Å². The number of nitrogens with zero attached hydrogens (tertiary/aromatic N) is 8. The highest BCUT2D eigenvalue weighted by atomic mass is 32.2. The van der Waals surface area contributed by atoms with Crippen molar-refractivity contribution in [3.8, 4) is 0 Å². The van der Waals surface area contributed by atoms with Gasteiger partial charge in [-0.15, -0.1) is 0 Å². The first-order valence-corrected chi connectivity index (χ1v) is 24.3. The van der Waals surface area contributed by atoms with E-state index in [-0.39, 0.29) is 79.0 Å². The van der Waals surface area contributed by atoms with Gasteiger partial charge in [0.25, 0.3) is 20.2 Å². The van der Waals surface area contributed by atoms with E-state index in [1.807, 2.05) is 36.4 Å². The van der Waals surface area contributed by atoms with E-state index in [2.05, 4.69) is 40.5 Å². The minimum atomic E-state index is -4.92. The molecule has 6 rings (SSSR count). The molecule has 0 bridgehead atoms. The summed E-state index contributed by atoms with van der Waals surface area (Å²) in [7, 11) is -9.79. The molecule has 20 nitrogen and oxygen atoms in total. The number of benzene rings is 4. The molecule has 0 aliphatic heterocycles. The highest BCUT2D eigenvalue weighted by Gasteiger charge is 2.22. The molecule has 22 heteroatoms. The van der Waals surface area contributed by atoms with Gasteiger partial charge in [0.2, 0.25) is 23.8 Å². The van der Waals surface area contributed by atoms with Gasteiger partial charge in [0.05, 0.1) is 24.4 Å². The minimum Gasteiger partial charge on any atom is -0.392 e. The standard InChI is InChI=1S/C46H54N10O10S2/c1-29(57)25-55(26-30(2)58)45-50-41(22-33-11-7-5-8-12-33)49-42(51-45)23-34-15-16-35(39(21-34)67(61,62)63)17-18-36-19-20-38(24-40(36)68(64,65)66)48-44-52-43(47-37-13-9-6-10-14-37)53-46(54-44)56(27-31(3)59)28-32(4)60/h5-21,24,29-32,57-60H,22-23,25-28H2,1-4H3,(H,61,62,63)(H,64,65,66)(H2,47,48,52,53,54)/b18-17+. The van der Waals surface area contributed by atoms with Crippen LogP contribution in [0.4, 0.5) is 35.2 Å². The number of aromatic nitrogens is 6. The van der Waals surface area contributed by atoms with Crippen molar-refractivity contribution in [1.29, 1.82) is 0 Å². The average Bonchev–Trinajstić information content (AvgIpc) is 3.25. The highest BCUT2D eigenvalue weighted by Crippen LogP contribution is 2.28. The minimum absolute atomic E-state index is 0.0176. The second-order valence-corrected chi connectivity index (χ2v) is 19.1. The molecule has 2 aromatic heterocycles. The van der Waals surface area contributed by atoms with E-state index in [1.165, 1.54) is 36.4 Å². The Balaban J connectivity index is 1.32. The number of anilines is 6. The van der Waals surface area contributed by atoms with Crippen molar-refractivity contribution < 1.29 is 46.4 Å². The molecule has 68 heavy (non-hydrogen) atoms. The zero-order valence-electron chi connectivity index (χ0n) is 37.7. The zero-order chi connectivity index (χ0) is 49.2. The first kappa shape index (κ1) is 50.9. The number of nitrogens with one attached hydrogen (secondary N) is 2. The predicted molar refractivity (Wildman–Crippen MR) is 257 cm³/mol. The molecule has 0 saturated carbocycles. The fourth-order valence-electron chi connectivity index (χ4n) is 7.07. The lowest BCUT2D eigenvalue weighted by molar-refractivity contribution is 0.176. The summed E-state index contributed by atoms with van der Waals surface area (Å²) in [6, 6.07) is 26.6. The summed E-state index contributed by atoms with van der Waals surface area (Å²) in [6.45, 7) is 6.65. The van der Waals surface area contributed by atoms with Gasteiger partial charge in [0, 0.05) is 50.4 Å². The summed E-state index contributed by atoms with van der Waals surface area (Å²) in [5.74, 6) is 0.927. The summed E-state index contributed by atoms with van der Waals surface area (Å²) >= 11 is 0. The zero-order valence-corrected chi connectivity index (χ0v) is 39.3. The maximum atomic E-state index is 12.9. The third-order valence-electron chi connectivity index (χ3n) is 9.79. The molecule has 0 radical (unpaired) electrons. The van der Waals surface area contributed by atoms with Gasteiger partial charge in [-0.25, -0.2) is 4.98 Å². The van der Waals surface area contributed by atoms with Gasteiger partial charge in [0.15, 0.2) is 0 Å². The Hall–Kier alpha value is -6.50. The van der Waals surface area contributed by atoms with Gasteiger partial charge < -0.3 is 40.9 Å². The number of hydrogen-bond donors (Lipinski definition) is 8. The molecule has 0 fully saturated rings. The summed E-state index contributed by atoms with van der Waals surface area (Å²) in [5.41, 5.74) is 1.98. The molecule has 0 spiro atoms.